The van der Waals surface area contributed by atoms with Crippen LogP contribution >= 0.6 is 0 Å². The molecule has 0 heterocycles. The van der Waals surface area contributed by atoms with Crippen LogP contribution in [0.3, 0.4) is 0 Å². The van der Waals surface area contributed by atoms with Crippen molar-refractivity contribution in [2.45, 2.75) is 73.6 Å². The molecule has 0 aliphatic carbocycles. The summed E-state index contributed by atoms with van der Waals surface area (Å²) < 4.78 is 0. The SMILES string of the molecule is CC(C)=CCC/C(C)=C/CC/C(=C\CO)CC(C)(C)C. The molecular weight excluding hydrogens is 244 g/mol. The van der Waals surface area contributed by atoms with E-state index in [-0.39, 0.29) is 6.61 Å². The van der Waals surface area contributed by atoms with Crippen LogP contribution in [0.2, 0.25) is 0 Å². The summed E-state index contributed by atoms with van der Waals surface area (Å²) in [6, 6.07) is 0. The lowest BCUT2D eigenvalue weighted by molar-refractivity contribution is 0.338. The van der Waals surface area contributed by atoms with Gasteiger partial charge in [0.15, 0.2) is 0 Å². The molecule has 1 N–H and O–H groups in total. The average molecular weight is 278 g/mol. The molecule has 0 aliphatic heterocycles. The number of rotatable bonds is 8. The number of allylic oxidation sites excluding steroid dienone is 5. The van der Waals surface area contributed by atoms with Crippen molar-refractivity contribution in [1.29, 1.82) is 0 Å². The van der Waals surface area contributed by atoms with Crippen molar-refractivity contribution in [2.75, 3.05) is 6.61 Å². The third-order valence-corrected chi connectivity index (χ3v) is 3.19. The molecule has 20 heavy (non-hydrogen) atoms. The Morgan fingerprint density at radius 1 is 0.900 bits per heavy atom. The van der Waals surface area contributed by atoms with Gasteiger partial charge >= 0.3 is 0 Å². The summed E-state index contributed by atoms with van der Waals surface area (Å²) >= 11 is 0. The topological polar surface area (TPSA) is 20.2 Å². The summed E-state index contributed by atoms with van der Waals surface area (Å²) in [6.07, 6.45) is 12.2. The molecule has 1 heteroatoms. The van der Waals surface area contributed by atoms with Crippen LogP contribution in [0.25, 0.3) is 0 Å². The van der Waals surface area contributed by atoms with E-state index >= 15 is 0 Å². The Balaban J connectivity index is 4.22. The van der Waals surface area contributed by atoms with Gasteiger partial charge in [-0.3, -0.25) is 0 Å². The minimum Gasteiger partial charge on any atom is -0.392 e. The number of hydrogen-bond acceptors (Lipinski definition) is 1. The van der Waals surface area contributed by atoms with Gasteiger partial charge in [-0.2, -0.15) is 0 Å². The van der Waals surface area contributed by atoms with Crippen LogP contribution in [-0.4, -0.2) is 11.7 Å². The third kappa shape index (κ3) is 12.2. The Hall–Kier alpha value is -0.820. The Morgan fingerprint density at radius 2 is 1.50 bits per heavy atom. The first-order chi connectivity index (χ1) is 9.24. The zero-order chi connectivity index (χ0) is 15.6. The van der Waals surface area contributed by atoms with Crippen molar-refractivity contribution in [3.63, 3.8) is 0 Å². The number of aliphatic hydroxyl groups is 1. The molecule has 0 fully saturated rings. The van der Waals surface area contributed by atoms with Gasteiger partial charge in [0.05, 0.1) is 6.61 Å². The molecule has 0 aromatic heterocycles. The van der Waals surface area contributed by atoms with Crippen LogP contribution in [0.1, 0.15) is 73.6 Å². The first-order valence-electron chi connectivity index (χ1n) is 7.82. The summed E-state index contributed by atoms with van der Waals surface area (Å²) in [6.45, 7) is 13.4. The van der Waals surface area contributed by atoms with Crippen molar-refractivity contribution in [3.05, 3.63) is 34.9 Å². The fraction of sp³-hybridized carbons (Fsp3) is 0.684. The average Bonchev–Trinajstić information content (AvgIpc) is 2.26. The normalized spacial score (nSPS) is 13.6. The first kappa shape index (κ1) is 19.2. The van der Waals surface area contributed by atoms with Gasteiger partial charge in [-0.1, -0.05) is 55.7 Å². The van der Waals surface area contributed by atoms with E-state index in [1.807, 2.05) is 6.08 Å². The molecule has 0 saturated carbocycles. The molecule has 0 atom stereocenters. The summed E-state index contributed by atoms with van der Waals surface area (Å²) in [7, 11) is 0. The summed E-state index contributed by atoms with van der Waals surface area (Å²) in [4.78, 5) is 0. The number of hydrogen-bond donors (Lipinski definition) is 1. The van der Waals surface area contributed by atoms with E-state index in [0.29, 0.717) is 5.41 Å². The standard InChI is InChI=1S/C19H34O/c1-16(2)9-7-10-17(3)11-8-12-18(13-14-20)15-19(4,5)6/h9,11,13,20H,7-8,10,12,14-15H2,1-6H3/b17-11+,18-13+. The fourth-order valence-electron chi connectivity index (χ4n) is 2.27. The lowest BCUT2D eigenvalue weighted by atomic mass is 9.86. The van der Waals surface area contributed by atoms with E-state index in [2.05, 4.69) is 53.7 Å². The summed E-state index contributed by atoms with van der Waals surface area (Å²) in [5.41, 5.74) is 4.55. The van der Waals surface area contributed by atoms with Crippen molar-refractivity contribution in [2.24, 2.45) is 5.41 Å². The van der Waals surface area contributed by atoms with Crippen LogP contribution in [0.4, 0.5) is 0 Å². The van der Waals surface area contributed by atoms with Crippen molar-refractivity contribution in [1.82, 2.24) is 0 Å². The summed E-state index contributed by atoms with van der Waals surface area (Å²) in [5.74, 6) is 0. The lowest BCUT2D eigenvalue weighted by Gasteiger charge is -2.20. The maximum absolute atomic E-state index is 9.11. The van der Waals surface area contributed by atoms with Gasteiger partial charge in [-0.25, -0.2) is 0 Å². The van der Waals surface area contributed by atoms with E-state index in [0.717, 1.165) is 32.1 Å². The van der Waals surface area contributed by atoms with Crippen molar-refractivity contribution < 1.29 is 5.11 Å². The molecule has 1 nitrogen and oxygen atoms in total. The molecule has 116 valence electrons. The monoisotopic (exact) mass is 278 g/mol. The highest BCUT2D eigenvalue weighted by atomic mass is 16.2. The van der Waals surface area contributed by atoms with Gasteiger partial charge in [-0.15, -0.1) is 0 Å². The van der Waals surface area contributed by atoms with E-state index in [1.54, 1.807) is 0 Å². The highest BCUT2D eigenvalue weighted by molar-refractivity contribution is 5.08. The molecule has 0 aromatic carbocycles. The molecule has 0 amide bonds. The van der Waals surface area contributed by atoms with E-state index < -0.39 is 0 Å². The Bertz CT molecular complexity index is 346. The van der Waals surface area contributed by atoms with E-state index in [9.17, 15) is 0 Å². The van der Waals surface area contributed by atoms with Crippen LogP contribution in [-0.2, 0) is 0 Å². The van der Waals surface area contributed by atoms with Gasteiger partial charge in [-0.05, 0) is 58.3 Å². The predicted molar refractivity (Wildman–Crippen MR) is 90.9 cm³/mol. The molecule has 0 rings (SSSR count). The molecule has 0 aliphatic rings. The van der Waals surface area contributed by atoms with Crippen LogP contribution < -0.4 is 0 Å². The second-order valence-electron chi connectivity index (χ2n) is 7.19. The van der Waals surface area contributed by atoms with Crippen LogP contribution in [0, 0.1) is 5.41 Å². The maximum Gasteiger partial charge on any atom is 0.0615 e. The second-order valence-corrected chi connectivity index (χ2v) is 7.19. The van der Waals surface area contributed by atoms with Crippen LogP contribution in [0.5, 0.6) is 0 Å². The zero-order valence-corrected chi connectivity index (χ0v) is 14.4. The predicted octanol–water partition coefficient (Wildman–Crippen LogP) is 5.81. The smallest absolute Gasteiger partial charge is 0.0615 e. The first-order valence-corrected chi connectivity index (χ1v) is 7.82. The summed E-state index contributed by atoms with van der Waals surface area (Å²) in [5, 5.41) is 9.11. The van der Waals surface area contributed by atoms with Crippen molar-refractivity contribution >= 4 is 0 Å². The Morgan fingerprint density at radius 3 is 2.00 bits per heavy atom. The van der Waals surface area contributed by atoms with Gasteiger partial charge in [0.25, 0.3) is 0 Å². The van der Waals surface area contributed by atoms with Gasteiger partial charge in [0.1, 0.15) is 0 Å². The number of aliphatic hydroxyl groups excluding tert-OH is 1. The molecule has 0 bridgehead atoms. The second kappa shape index (κ2) is 9.99. The molecule has 0 radical (unpaired) electrons. The highest BCUT2D eigenvalue weighted by Crippen LogP contribution is 2.26. The Labute approximate surface area is 126 Å². The van der Waals surface area contributed by atoms with Crippen LogP contribution in [0.15, 0.2) is 34.9 Å². The van der Waals surface area contributed by atoms with E-state index in [4.69, 9.17) is 5.11 Å². The quantitative estimate of drug-likeness (QED) is 0.555. The highest BCUT2D eigenvalue weighted by Gasteiger charge is 2.12. The fourth-order valence-corrected chi connectivity index (χ4v) is 2.27. The molecular formula is C19H34O. The maximum atomic E-state index is 9.11. The molecule has 0 spiro atoms. The Kier molecular flexibility index (Phi) is 9.58. The largest absolute Gasteiger partial charge is 0.392 e. The lowest BCUT2D eigenvalue weighted by Crippen LogP contribution is -2.06. The minimum atomic E-state index is 0.161. The van der Waals surface area contributed by atoms with Gasteiger partial charge in [0, 0.05) is 0 Å². The molecule has 0 unspecified atom stereocenters. The van der Waals surface area contributed by atoms with Gasteiger partial charge in [0.2, 0.25) is 0 Å². The zero-order valence-electron chi connectivity index (χ0n) is 14.4. The molecule has 0 aromatic rings. The minimum absolute atomic E-state index is 0.161. The van der Waals surface area contributed by atoms with E-state index in [1.165, 1.54) is 16.7 Å². The van der Waals surface area contributed by atoms with Gasteiger partial charge < -0.3 is 5.11 Å². The van der Waals surface area contributed by atoms with Crippen molar-refractivity contribution in [3.8, 4) is 0 Å². The third-order valence-electron chi connectivity index (χ3n) is 3.19. The molecule has 0 saturated heterocycles.